The molecule has 1 fully saturated rings. The van der Waals surface area contributed by atoms with Crippen LogP contribution in [0.4, 0.5) is 0 Å². The van der Waals surface area contributed by atoms with E-state index in [4.69, 9.17) is 4.74 Å². The first-order valence-corrected chi connectivity index (χ1v) is 9.84. The Morgan fingerprint density at radius 3 is 2.28 bits per heavy atom. The Labute approximate surface area is 149 Å². The Kier molecular flexibility index (Phi) is 4.68. The van der Waals surface area contributed by atoms with Crippen LogP contribution in [0.1, 0.15) is 24.0 Å². The van der Waals surface area contributed by atoms with Gasteiger partial charge in [0.15, 0.2) is 9.84 Å². The van der Waals surface area contributed by atoms with Gasteiger partial charge in [-0.3, -0.25) is 0 Å². The van der Waals surface area contributed by atoms with Gasteiger partial charge >= 0.3 is 0 Å². The number of aryl methyl sites for hydroxylation is 1. The Hall–Kier alpha value is -2.16. The van der Waals surface area contributed by atoms with Crippen LogP contribution in [0, 0.1) is 16.7 Å². The van der Waals surface area contributed by atoms with Crippen molar-refractivity contribution in [2.45, 2.75) is 29.4 Å². The van der Waals surface area contributed by atoms with Crippen molar-refractivity contribution in [1.29, 1.82) is 5.26 Å². The maximum atomic E-state index is 13.1. The van der Waals surface area contributed by atoms with Gasteiger partial charge < -0.3 is 4.74 Å². The lowest BCUT2D eigenvalue weighted by Crippen LogP contribution is -2.19. The third kappa shape index (κ3) is 2.86. The molecule has 0 spiro atoms. The molecular weight excluding hydrogens is 334 g/mol. The molecule has 0 saturated heterocycles. The second kappa shape index (κ2) is 6.62. The minimum atomic E-state index is -3.62. The summed E-state index contributed by atoms with van der Waals surface area (Å²) in [5, 5.41) is 9.01. The van der Waals surface area contributed by atoms with Crippen LogP contribution in [0.2, 0.25) is 0 Å². The summed E-state index contributed by atoms with van der Waals surface area (Å²) < 4.78 is 31.5. The predicted molar refractivity (Wildman–Crippen MR) is 95.9 cm³/mol. The first kappa shape index (κ1) is 17.7. The molecule has 0 aliphatic heterocycles. The van der Waals surface area contributed by atoms with Gasteiger partial charge in [-0.1, -0.05) is 49.4 Å². The molecule has 3 atom stereocenters. The molecule has 2 aromatic rings. The molecule has 0 heterocycles. The zero-order valence-corrected chi connectivity index (χ0v) is 15.2. The van der Waals surface area contributed by atoms with Crippen LogP contribution in [0.25, 0.3) is 0 Å². The molecule has 5 heteroatoms. The zero-order chi connectivity index (χ0) is 18.1. The second-order valence-corrected chi connectivity index (χ2v) is 8.51. The highest BCUT2D eigenvalue weighted by molar-refractivity contribution is 7.92. The van der Waals surface area contributed by atoms with Gasteiger partial charge in [-0.25, -0.2) is 8.42 Å². The molecule has 2 aromatic carbocycles. The smallest absolute Gasteiger partial charge is 0.183 e. The average Bonchev–Trinajstić information content (AvgIpc) is 3.32. The highest BCUT2D eigenvalue weighted by atomic mass is 32.2. The van der Waals surface area contributed by atoms with E-state index in [1.807, 2.05) is 24.3 Å². The van der Waals surface area contributed by atoms with Gasteiger partial charge in [0.1, 0.15) is 5.41 Å². The molecule has 3 rings (SSSR count). The van der Waals surface area contributed by atoms with Crippen molar-refractivity contribution in [3.8, 4) is 6.07 Å². The molecule has 1 aliphatic carbocycles. The van der Waals surface area contributed by atoms with Gasteiger partial charge in [0.05, 0.1) is 22.8 Å². The summed E-state index contributed by atoms with van der Waals surface area (Å²) in [4.78, 5) is 0.253. The molecule has 1 saturated carbocycles. The van der Waals surface area contributed by atoms with E-state index < -0.39 is 20.5 Å². The number of rotatable bonds is 6. The fourth-order valence-electron chi connectivity index (χ4n) is 3.63. The largest absolute Gasteiger partial charge is 0.383 e. The monoisotopic (exact) mass is 355 g/mol. The number of hydrogen-bond donors (Lipinski definition) is 0. The van der Waals surface area contributed by atoms with Gasteiger partial charge in [-0.15, -0.1) is 0 Å². The Bertz CT molecular complexity index is 885. The lowest BCUT2D eigenvalue weighted by Gasteiger charge is -2.08. The summed E-state index contributed by atoms with van der Waals surface area (Å²) in [7, 11) is -2.12. The SMILES string of the molecule is CCc1ccc([C@@H]2[C@H](S(=O)(=O)c3ccccc3)[C@]2(C#N)COC)cc1. The van der Waals surface area contributed by atoms with Crippen molar-refractivity contribution in [3.05, 3.63) is 65.7 Å². The summed E-state index contributed by atoms with van der Waals surface area (Å²) in [6, 6.07) is 18.5. The van der Waals surface area contributed by atoms with Crippen LogP contribution in [-0.2, 0) is 21.0 Å². The molecular formula is C20H21NO3S. The fraction of sp³-hybridized carbons (Fsp3) is 0.350. The van der Waals surface area contributed by atoms with Crippen LogP contribution < -0.4 is 0 Å². The Morgan fingerprint density at radius 1 is 1.12 bits per heavy atom. The molecule has 0 amide bonds. The zero-order valence-electron chi connectivity index (χ0n) is 14.3. The number of ether oxygens (including phenoxy) is 1. The predicted octanol–water partition coefficient (Wildman–Crippen LogP) is 3.35. The van der Waals surface area contributed by atoms with Crippen molar-refractivity contribution >= 4 is 9.84 Å². The van der Waals surface area contributed by atoms with E-state index in [-0.39, 0.29) is 17.4 Å². The van der Waals surface area contributed by atoms with E-state index in [1.165, 1.54) is 12.7 Å². The van der Waals surface area contributed by atoms with Crippen molar-refractivity contribution in [2.75, 3.05) is 13.7 Å². The molecule has 130 valence electrons. The number of hydrogen-bond acceptors (Lipinski definition) is 4. The number of nitrogens with zero attached hydrogens (tertiary/aromatic N) is 1. The Morgan fingerprint density at radius 2 is 1.76 bits per heavy atom. The molecule has 0 radical (unpaired) electrons. The lowest BCUT2D eigenvalue weighted by molar-refractivity contribution is 0.162. The average molecular weight is 355 g/mol. The van der Waals surface area contributed by atoms with E-state index in [0.717, 1.165) is 12.0 Å². The summed E-state index contributed by atoms with van der Waals surface area (Å²) >= 11 is 0. The lowest BCUT2D eigenvalue weighted by atomic mass is 10.00. The first-order chi connectivity index (χ1) is 12.0. The maximum Gasteiger partial charge on any atom is 0.183 e. The number of methoxy groups -OCH3 is 1. The van der Waals surface area contributed by atoms with Gasteiger partial charge in [0.2, 0.25) is 0 Å². The molecule has 1 aliphatic rings. The van der Waals surface area contributed by atoms with Crippen molar-refractivity contribution in [2.24, 2.45) is 5.41 Å². The van der Waals surface area contributed by atoms with E-state index in [2.05, 4.69) is 13.0 Å². The van der Waals surface area contributed by atoms with Crippen LogP contribution in [0.15, 0.2) is 59.5 Å². The molecule has 0 bridgehead atoms. The van der Waals surface area contributed by atoms with Gasteiger partial charge in [0, 0.05) is 13.0 Å². The molecule has 25 heavy (non-hydrogen) atoms. The Balaban J connectivity index is 2.05. The normalized spacial score (nSPS) is 25.3. The molecule has 0 unspecified atom stereocenters. The quantitative estimate of drug-likeness (QED) is 0.797. The van der Waals surface area contributed by atoms with Crippen molar-refractivity contribution in [3.63, 3.8) is 0 Å². The summed E-state index contributed by atoms with van der Waals surface area (Å²) in [5.74, 6) is -0.381. The van der Waals surface area contributed by atoms with Gasteiger partial charge in [-0.05, 0) is 29.7 Å². The van der Waals surface area contributed by atoms with Gasteiger partial charge in [-0.2, -0.15) is 5.26 Å². The van der Waals surface area contributed by atoms with E-state index in [1.54, 1.807) is 30.3 Å². The van der Waals surface area contributed by atoms with E-state index >= 15 is 0 Å². The highest BCUT2D eigenvalue weighted by Gasteiger charge is 2.72. The second-order valence-electron chi connectivity index (χ2n) is 6.44. The summed E-state index contributed by atoms with van der Waals surface area (Å²) in [6.07, 6.45) is 0.915. The van der Waals surface area contributed by atoms with Crippen LogP contribution in [-0.4, -0.2) is 27.4 Å². The highest BCUT2D eigenvalue weighted by Crippen LogP contribution is 2.63. The summed E-state index contributed by atoms with van der Waals surface area (Å²) in [5.41, 5.74) is 1.01. The van der Waals surface area contributed by atoms with Gasteiger partial charge in [0.25, 0.3) is 0 Å². The minimum absolute atomic E-state index is 0.0976. The van der Waals surface area contributed by atoms with Crippen LogP contribution in [0.3, 0.4) is 0 Å². The van der Waals surface area contributed by atoms with Crippen LogP contribution in [0.5, 0.6) is 0 Å². The van der Waals surface area contributed by atoms with Crippen molar-refractivity contribution < 1.29 is 13.2 Å². The number of sulfone groups is 1. The molecule has 4 nitrogen and oxygen atoms in total. The molecule has 0 aromatic heterocycles. The van der Waals surface area contributed by atoms with E-state index in [9.17, 15) is 13.7 Å². The van der Waals surface area contributed by atoms with Crippen LogP contribution >= 0.6 is 0 Å². The third-order valence-corrected chi connectivity index (χ3v) is 7.29. The maximum absolute atomic E-state index is 13.1. The summed E-state index contributed by atoms with van der Waals surface area (Å²) in [6.45, 7) is 2.17. The van der Waals surface area contributed by atoms with Crippen molar-refractivity contribution in [1.82, 2.24) is 0 Å². The minimum Gasteiger partial charge on any atom is -0.383 e. The topological polar surface area (TPSA) is 67.2 Å². The number of benzene rings is 2. The standard InChI is InChI=1S/C20H21NO3S/c1-3-15-9-11-16(12-10-15)18-19(20(18,13-21)14-24-2)25(22,23)17-7-5-4-6-8-17/h4-12,18-19H,3,14H2,1-2H3/t18-,19+,20-/m1/s1. The van der Waals surface area contributed by atoms with E-state index in [0.29, 0.717) is 0 Å². The fourth-order valence-corrected chi connectivity index (χ4v) is 5.96. The molecule has 0 N–H and O–H groups in total. The first-order valence-electron chi connectivity index (χ1n) is 8.29. The number of nitriles is 1. The third-order valence-electron chi connectivity index (χ3n) is 5.00.